The van der Waals surface area contributed by atoms with E-state index < -0.39 is 0 Å². The Morgan fingerprint density at radius 2 is 1.71 bits per heavy atom. The number of aryl methyl sites for hydroxylation is 1. The van der Waals surface area contributed by atoms with Gasteiger partial charge in [0.25, 0.3) is 0 Å². The normalized spacial score (nSPS) is 11.3. The third kappa shape index (κ3) is 3.62. The molecule has 112 valence electrons. The van der Waals surface area contributed by atoms with Crippen molar-refractivity contribution in [2.75, 3.05) is 12.8 Å². The van der Waals surface area contributed by atoms with Crippen molar-refractivity contribution in [2.45, 2.75) is 33.1 Å². The van der Waals surface area contributed by atoms with Crippen LogP contribution in [0.1, 0.15) is 31.9 Å². The second kappa shape index (κ2) is 5.60. The first-order valence-corrected chi connectivity index (χ1v) is 6.77. The molecule has 0 saturated heterocycles. The summed E-state index contributed by atoms with van der Waals surface area (Å²) in [5, 5.41) is 0. The molecule has 2 rings (SSSR count). The van der Waals surface area contributed by atoms with Gasteiger partial charge in [0, 0.05) is 5.56 Å². The maximum atomic E-state index is 5.93. The van der Waals surface area contributed by atoms with Gasteiger partial charge in [-0.05, 0) is 24.0 Å². The summed E-state index contributed by atoms with van der Waals surface area (Å²) in [6.45, 7) is 8.44. The molecule has 0 spiro atoms. The van der Waals surface area contributed by atoms with Crippen LogP contribution in [0.25, 0.3) is 0 Å². The van der Waals surface area contributed by atoms with Crippen molar-refractivity contribution in [2.24, 2.45) is 0 Å². The van der Waals surface area contributed by atoms with E-state index in [2.05, 4.69) is 42.9 Å². The average molecular weight is 287 g/mol. The number of ether oxygens (including phenoxy) is 2. The Morgan fingerprint density at radius 1 is 1.05 bits per heavy atom. The molecule has 1 heterocycles. The Morgan fingerprint density at radius 3 is 2.33 bits per heavy atom. The molecule has 2 aromatic rings. The fraction of sp³-hybridized carbons (Fsp3) is 0.375. The molecule has 5 heteroatoms. The number of methoxy groups -OCH3 is 1. The van der Waals surface area contributed by atoms with E-state index in [0.717, 1.165) is 16.9 Å². The quantitative estimate of drug-likeness (QED) is 0.936. The molecule has 0 aliphatic rings. The molecule has 0 bridgehead atoms. The zero-order chi connectivity index (χ0) is 15.6. The van der Waals surface area contributed by atoms with Crippen LogP contribution in [0.5, 0.6) is 17.5 Å². The van der Waals surface area contributed by atoms with Crippen molar-refractivity contribution < 1.29 is 9.47 Å². The molecule has 1 aromatic carbocycles. The lowest BCUT2D eigenvalue weighted by molar-refractivity contribution is 0.387. The van der Waals surface area contributed by atoms with E-state index >= 15 is 0 Å². The van der Waals surface area contributed by atoms with E-state index in [1.807, 2.05) is 13.0 Å². The molecule has 0 radical (unpaired) electrons. The summed E-state index contributed by atoms with van der Waals surface area (Å²) in [6, 6.07) is 7.76. The second-order valence-electron chi connectivity index (χ2n) is 5.96. The summed E-state index contributed by atoms with van der Waals surface area (Å²) in [5.41, 5.74) is 7.84. The molecular weight excluding hydrogens is 266 g/mol. The zero-order valence-corrected chi connectivity index (χ0v) is 13.1. The molecule has 0 saturated carbocycles. The molecule has 0 atom stereocenters. The Hall–Kier alpha value is -2.30. The van der Waals surface area contributed by atoms with Crippen LogP contribution in [-0.4, -0.2) is 17.1 Å². The van der Waals surface area contributed by atoms with Crippen molar-refractivity contribution in [3.05, 3.63) is 35.4 Å². The van der Waals surface area contributed by atoms with Gasteiger partial charge in [-0.15, -0.1) is 0 Å². The van der Waals surface area contributed by atoms with Gasteiger partial charge in [-0.1, -0.05) is 32.9 Å². The first kappa shape index (κ1) is 15.1. The maximum Gasteiger partial charge on any atom is 0.227 e. The van der Waals surface area contributed by atoms with Gasteiger partial charge in [-0.2, -0.15) is 9.97 Å². The third-order valence-electron chi connectivity index (χ3n) is 3.07. The summed E-state index contributed by atoms with van der Waals surface area (Å²) in [5.74, 6) is 1.63. The van der Waals surface area contributed by atoms with Crippen LogP contribution in [-0.2, 0) is 5.41 Å². The number of nitrogens with zero attached hydrogens (tertiary/aromatic N) is 2. The van der Waals surface area contributed by atoms with Crippen LogP contribution in [0, 0.1) is 6.92 Å². The van der Waals surface area contributed by atoms with Crippen molar-refractivity contribution in [1.29, 1.82) is 0 Å². The van der Waals surface area contributed by atoms with Crippen molar-refractivity contribution in [1.82, 2.24) is 9.97 Å². The highest BCUT2D eigenvalue weighted by Crippen LogP contribution is 2.35. The second-order valence-corrected chi connectivity index (χ2v) is 5.96. The third-order valence-corrected chi connectivity index (χ3v) is 3.07. The van der Waals surface area contributed by atoms with Crippen LogP contribution < -0.4 is 15.2 Å². The zero-order valence-electron chi connectivity index (χ0n) is 13.1. The lowest BCUT2D eigenvalue weighted by atomic mass is 9.86. The number of hydrogen-bond acceptors (Lipinski definition) is 5. The minimum atomic E-state index is -0.0360. The number of aromatic nitrogens is 2. The van der Waals surface area contributed by atoms with Crippen LogP contribution in [0.15, 0.2) is 24.3 Å². The predicted molar refractivity (Wildman–Crippen MR) is 82.9 cm³/mol. The number of benzene rings is 1. The predicted octanol–water partition coefficient (Wildman–Crippen LogP) is 3.47. The Kier molecular flexibility index (Phi) is 4.02. The van der Waals surface area contributed by atoms with E-state index in [1.54, 1.807) is 6.07 Å². The van der Waals surface area contributed by atoms with Crippen molar-refractivity contribution >= 4 is 5.95 Å². The topological polar surface area (TPSA) is 70.3 Å². The van der Waals surface area contributed by atoms with Gasteiger partial charge >= 0.3 is 0 Å². The Labute approximate surface area is 125 Å². The van der Waals surface area contributed by atoms with Gasteiger partial charge in [0.1, 0.15) is 5.75 Å². The molecule has 2 N–H and O–H groups in total. The fourth-order valence-corrected chi connectivity index (χ4v) is 2.02. The van der Waals surface area contributed by atoms with E-state index in [-0.39, 0.29) is 11.4 Å². The summed E-state index contributed by atoms with van der Waals surface area (Å²) in [6.07, 6.45) is 0. The van der Waals surface area contributed by atoms with Crippen LogP contribution >= 0.6 is 0 Å². The van der Waals surface area contributed by atoms with E-state index in [1.165, 1.54) is 7.11 Å². The first-order chi connectivity index (χ1) is 9.79. The molecule has 0 fully saturated rings. The van der Waals surface area contributed by atoms with Crippen molar-refractivity contribution in [3.8, 4) is 17.5 Å². The standard InChI is InChI=1S/C16H21N3O2/c1-10-6-7-11(16(2,3)4)12(8-10)21-14-9-13(20-5)18-15(17)19-14/h6-9H,1-5H3,(H2,17,18,19). The molecule has 0 amide bonds. The summed E-state index contributed by atoms with van der Waals surface area (Å²) < 4.78 is 11.0. The van der Waals surface area contributed by atoms with Crippen LogP contribution in [0.2, 0.25) is 0 Å². The van der Waals surface area contributed by atoms with Gasteiger partial charge in [0.05, 0.1) is 13.2 Å². The number of nitrogen functional groups attached to an aromatic ring is 1. The highest BCUT2D eigenvalue weighted by Gasteiger charge is 2.20. The van der Waals surface area contributed by atoms with E-state index in [4.69, 9.17) is 15.2 Å². The first-order valence-electron chi connectivity index (χ1n) is 6.77. The monoisotopic (exact) mass is 287 g/mol. The molecule has 5 nitrogen and oxygen atoms in total. The average Bonchev–Trinajstić information content (AvgIpc) is 2.36. The van der Waals surface area contributed by atoms with Gasteiger partial charge in [0.15, 0.2) is 0 Å². The molecule has 0 aliphatic heterocycles. The fourth-order valence-electron chi connectivity index (χ4n) is 2.02. The largest absolute Gasteiger partial charge is 0.481 e. The summed E-state index contributed by atoms with van der Waals surface area (Å²) in [7, 11) is 1.53. The minimum absolute atomic E-state index is 0.0360. The minimum Gasteiger partial charge on any atom is -0.481 e. The Balaban J connectivity index is 2.44. The van der Waals surface area contributed by atoms with Crippen LogP contribution in [0.4, 0.5) is 5.95 Å². The smallest absolute Gasteiger partial charge is 0.227 e. The highest BCUT2D eigenvalue weighted by atomic mass is 16.5. The molecule has 21 heavy (non-hydrogen) atoms. The van der Waals surface area contributed by atoms with Gasteiger partial charge in [-0.25, -0.2) is 0 Å². The molecule has 1 aromatic heterocycles. The Bertz CT molecular complexity index is 648. The number of nitrogens with two attached hydrogens (primary N) is 1. The lowest BCUT2D eigenvalue weighted by Gasteiger charge is -2.22. The summed E-state index contributed by atoms with van der Waals surface area (Å²) in [4.78, 5) is 8.04. The number of hydrogen-bond donors (Lipinski definition) is 1. The maximum absolute atomic E-state index is 5.93. The van der Waals surface area contributed by atoms with Crippen LogP contribution in [0.3, 0.4) is 0 Å². The van der Waals surface area contributed by atoms with Crippen molar-refractivity contribution in [3.63, 3.8) is 0 Å². The van der Waals surface area contributed by atoms with Gasteiger partial charge in [-0.3, -0.25) is 0 Å². The summed E-state index contributed by atoms with van der Waals surface area (Å²) >= 11 is 0. The van der Waals surface area contributed by atoms with Gasteiger partial charge in [0.2, 0.25) is 17.7 Å². The van der Waals surface area contributed by atoms with Gasteiger partial charge < -0.3 is 15.2 Å². The van der Waals surface area contributed by atoms with E-state index in [9.17, 15) is 0 Å². The highest BCUT2D eigenvalue weighted by molar-refractivity contribution is 5.44. The molecular formula is C16H21N3O2. The number of anilines is 1. The lowest BCUT2D eigenvalue weighted by Crippen LogP contribution is -2.13. The number of rotatable bonds is 3. The van der Waals surface area contributed by atoms with E-state index in [0.29, 0.717) is 11.8 Å². The SMILES string of the molecule is COc1cc(Oc2cc(C)ccc2C(C)(C)C)nc(N)n1. The molecule has 0 unspecified atom stereocenters. The molecule has 0 aliphatic carbocycles.